The molecule has 104 valence electrons. The SMILES string of the molecule is O=P(O)(O)OC1(O)[C@H](O)[C@H](O)C(O)[C@H](O)[C@H]1O.[H-].[K+]. The largest absolute Gasteiger partial charge is 1.00 e. The first-order valence-corrected chi connectivity index (χ1v) is 5.92. The summed E-state index contributed by atoms with van der Waals surface area (Å²) in [5, 5.41) is 55.7. The van der Waals surface area contributed by atoms with Crippen molar-refractivity contribution in [2.75, 3.05) is 0 Å². The Morgan fingerprint density at radius 3 is 1.56 bits per heavy atom. The van der Waals surface area contributed by atoms with Crippen LogP contribution in [-0.4, -0.2) is 76.7 Å². The van der Waals surface area contributed by atoms with E-state index in [2.05, 4.69) is 4.52 Å². The molecule has 0 amide bonds. The van der Waals surface area contributed by atoms with Gasteiger partial charge in [0.05, 0.1) is 0 Å². The van der Waals surface area contributed by atoms with Crippen LogP contribution in [0.25, 0.3) is 0 Å². The minimum absolute atomic E-state index is 0. The molecule has 8 N–H and O–H groups in total. The number of aliphatic hydroxyl groups excluding tert-OH is 5. The zero-order valence-electron chi connectivity index (χ0n) is 10.2. The van der Waals surface area contributed by atoms with E-state index in [0.29, 0.717) is 0 Å². The van der Waals surface area contributed by atoms with Gasteiger partial charge in [-0.25, -0.2) is 9.09 Å². The predicted octanol–water partition coefficient (Wildman–Crippen LogP) is -7.28. The van der Waals surface area contributed by atoms with Gasteiger partial charge < -0.3 is 41.9 Å². The molecule has 0 bridgehead atoms. The smallest absolute Gasteiger partial charge is 1.00 e. The molecule has 0 aliphatic heterocycles. The molecule has 0 heterocycles. The van der Waals surface area contributed by atoms with Gasteiger partial charge in [-0.2, -0.15) is 0 Å². The molecule has 0 aromatic carbocycles. The summed E-state index contributed by atoms with van der Waals surface area (Å²) in [7, 11) is -5.32. The van der Waals surface area contributed by atoms with Crippen LogP contribution in [0.1, 0.15) is 1.43 Å². The van der Waals surface area contributed by atoms with Crippen LogP contribution in [0.15, 0.2) is 0 Å². The molecule has 1 aliphatic carbocycles. The number of hydrogen-bond donors (Lipinski definition) is 8. The first-order valence-electron chi connectivity index (χ1n) is 4.39. The molecule has 1 fully saturated rings. The average molecular weight is 316 g/mol. The first kappa shape index (κ1) is 19.5. The van der Waals surface area contributed by atoms with Gasteiger partial charge in [0, 0.05) is 0 Å². The van der Waals surface area contributed by atoms with Crippen LogP contribution < -0.4 is 51.4 Å². The maximum Gasteiger partial charge on any atom is 1.00 e. The normalized spacial score (nSPS) is 45.4. The van der Waals surface area contributed by atoms with Gasteiger partial charge in [0.1, 0.15) is 30.5 Å². The molecule has 18 heavy (non-hydrogen) atoms. The molecule has 10 nitrogen and oxygen atoms in total. The standard InChI is InChI=1S/C6H13O10P.K.H/c7-1-2(8)4(10)6(12,5(11)3(1)9)16-17(13,14)15;;/h1-5,7-12H,(H2,13,14,15);;/q;+1;-1/t1?,2-,3+,4-,5-,6?;;/m1../s1. The van der Waals surface area contributed by atoms with E-state index in [-0.39, 0.29) is 52.8 Å². The van der Waals surface area contributed by atoms with Crippen LogP contribution in [0.5, 0.6) is 0 Å². The van der Waals surface area contributed by atoms with Gasteiger partial charge in [-0.15, -0.1) is 0 Å². The molecule has 0 spiro atoms. The molecule has 12 heteroatoms. The molecule has 0 aromatic heterocycles. The van der Waals surface area contributed by atoms with E-state index in [1.165, 1.54) is 0 Å². The van der Waals surface area contributed by atoms with Gasteiger partial charge in [-0.05, 0) is 0 Å². The molecule has 1 rings (SSSR count). The van der Waals surface area contributed by atoms with Crippen molar-refractivity contribution in [1.29, 1.82) is 0 Å². The Bertz CT molecular complexity index is 322. The Kier molecular flexibility index (Phi) is 7.06. The monoisotopic (exact) mass is 316 g/mol. The molecule has 6 atom stereocenters. The fourth-order valence-corrected chi connectivity index (χ4v) is 2.14. The van der Waals surface area contributed by atoms with E-state index in [9.17, 15) is 30.1 Å². The van der Waals surface area contributed by atoms with Crippen molar-refractivity contribution < 1.29 is 102 Å². The van der Waals surface area contributed by atoms with Gasteiger partial charge in [0.2, 0.25) is 5.79 Å². The first-order chi connectivity index (χ1) is 7.50. The molecule has 2 unspecified atom stereocenters. The van der Waals surface area contributed by atoms with Gasteiger partial charge in [0.25, 0.3) is 0 Å². The van der Waals surface area contributed by atoms with E-state index in [4.69, 9.17) is 14.9 Å². The van der Waals surface area contributed by atoms with Gasteiger partial charge in [0.15, 0.2) is 0 Å². The summed E-state index contributed by atoms with van der Waals surface area (Å²) in [6.45, 7) is 0. The summed E-state index contributed by atoms with van der Waals surface area (Å²) < 4.78 is 14.3. The third kappa shape index (κ3) is 3.78. The Balaban J connectivity index is 0. The van der Waals surface area contributed by atoms with Crippen LogP contribution in [0.4, 0.5) is 0 Å². The number of hydrogen-bond acceptors (Lipinski definition) is 8. The van der Waals surface area contributed by atoms with E-state index in [0.717, 1.165) is 0 Å². The van der Waals surface area contributed by atoms with Crippen LogP contribution in [0.2, 0.25) is 0 Å². The number of rotatable bonds is 2. The minimum Gasteiger partial charge on any atom is -1.00 e. The van der Waals surface area contributed by atoms with E-state index >= 15 is 0 Å². The van der Waals surface area contributed by atoms with E-state index in [1.807, 2.05) is 0 Å². The fourth-order valence-electron chi connectivity index (χ4n) is 1.54. The second kappa shape index (κ2) is 6.51. The zero-order valence-corrected chi connectivity index (χ0v) is 13.2. The molecule has 0 saturated heterocycles. The summed E-state index contributed by atoms with van der Waals surface area (Å²) in [5.41, 5.74) is 0. The second-order valence-electron chi connectivity index (χ2n) is 3.70. The Morgan fingerprint density at radius 1 is 0.944 bits per heavy atom. The summed E-state index contributed by atoms with van der Waals surface area (Å²) in [6.07, 6.45) is -11.2. The van der Waals surface area contributed by atoms with Crippen molar-refractivity contribution >= 4 is 7.82 Å². The van der Waals surface area contributed by atoms with E-state index < -0.39 is 44.1 Å². The predicted molar refractivity (Wildman–Crippen MR) is 49.2 cm³/mol. The molecule has 0 radical (unpaired) electrons. The topological polar surface area (TPSA) is 188 Å². The van der Waals surface area contributed by atoms with E-state index in [1.54, 1.807) is 0 Å². The number of phosphoric acid groups is 1. The third-order valence-electron chi connectivity index (χ3n) is 2.46. The summed E-state index contributed by atoms with van der Waals surface area (Å²) >= 11 is 0. The number of aliphatic hydroxyl groups is 6. The van der Waals surface area contributed by atoms with Crippen LogP contribution in [0.3, 0.4) is 0 Å². The van der Waals surface area contributed by atoms with Gasteiger partial charge >= 0.3 is 59.2 Å². The molecule has 1 saturated carbocycles. The van der Waals surface area contributed by atoms with Gasteiger partial charge in [-0.3, -0.25) is 0 Å². The molecular weight excluding hydrogens is 302 g/mol. The zero-order chi connectivity index (χ0) is 13.6. The Labute approximate surface area is 145 Å². The summed E-state index contributed by atoms with van der Waals surface area (Å²) in [4.78, 5) is 17.0. The van der Waals surface area contributed by atoms with Crippen LogP contribution >= 0.6 is 7.82 Å². The van der Waals surface area contributed by atoms with Crippen molar-refractivity contribution in [3.63, 3.8) is 0 Å². The van der Waals surface area contributed by atoms with Crippen molar-refractivity contribution in [2.24, 2.45) is 0 Å². The maximum absolute atomic E-state index is 10.6. The van der Waals surface area contributed by atoms with Crippen molar-refractivity contribution in [3.8, 4) is 0 Å². The molecule has 1 aliphatic rings. The maximum atomic E-state index is 10.6. The van der Waals surface area contributed by atoms with Crippen molar-refractivity contribution in [1.82, 2.24) is 0 Å². The van der Waals surface area contributed by atoms with Crippen LogP contribution in [-0.2, 0) is 9.09 Å². The quantitative estimate of drug-likeness (QED) is 0.138. The molecular formula is C6H14KO10P. The second-order valence-corrected chi connectivity index (χ2v) is 4.86. The Morgan fingerprint density at radius 2 is 1.28 bits per heavy atom. The Hall–Kier alpha value is 1.51. The average Bonchev–Trinajstić information content (AvgIpc) is 2.19. The summed E-state index contributed by atoms with van der Waals surface area (Å²) in [5.74, 6) is -3.31. The summed E-state index contributed by atoms with van der Waals surface area (Å²) in [6, 6.07) is 0. The minimum atomic E-state index is -5.32. The van der Waals surface area contributed by atoms with Crippen LogP contribution in [0, 0.1) is 0 Å². The van der Waals surface area contributed by atoms with Crippen molar-refractivity contribution in [3.05, 3.63) is 0 Å². The molecule has 0 aromatic rings. The fraction of sp³-hybridized carbons (Fsp3) is 1.00. The van der Waals surface area contributed by atoms with Crippen molar-refractivity contribution in [2.45, 2.75) is 36.3 Å². The number of phosphoric ester groups is 1. The van der Waals surface area contributed by atoms with Gasteiger partial charge in [-0.1, -0.05) is 0 Å². The third-order valence-corrected chi connectivity index (χ3v) is 2.99.